The maximum Gasteiger partial charge on any atom is 0.0582 e. The van der Waals surface area contributed by atoms with E-state index >= 15 is 0 Å². The number of rotatable bonds is 10. The summed E-state index contributed by atoms with van der Waals surface area (Å²) >= 11 is 0. The third kappa shape index (κ3) is 15.8. The Balaban J connectivity index is 0. The summed E-state index contributed by atoms with van der Waals surface area (Å²) in [6.45, 7) is 3.99. The lowest BCUT2D eigenvalue weighted by atomic mass is 10.1. The van der Waals surface area contributed by atoms with Gasteiger partial charge in [-0.2, -0.15) is 0 Å². The molecule has 0 fully saturated rings. The van der Waals surface area contributed by atoms with Crippen LogP contribution in [-0.2, 0) is 0 Å². The maximum absolute atomic E-state index is 8.48. The highest BCUT2D eigenvalue weighted by atomic mass is 16.3. The summed E-state index contributed by atoms with van der Waals surface area (Å²) in [4.78, 5) is 1.79. The molecule has 0 rings (SSSR count). The van der Waals surface area contributed by atoms with Gasteiger partial charge in [-0.1, -0.05) is 19.8 Å². The molecular formula is C12H30N2O4. The average molecular weight is 266 g/mol. The Morgan fingerprint density at radius 2 is 1.39 bits per heavy atom. The molecule has 0 bridgehead atoms. The van der Waals surface area contributed by atoms with Gasteiger partial charge in [0.1, 0.15) is 0 Å². The molecule has 6 nitrogen and oxygen atoms in total. The van der Waals surface area contributed by atoms with E-state index in [1.807, 2.05) is 0 Å². The molecule has 0 saturated heterocycles. The summed E-state index contributed by atoms with van der Waals surface area (Å²) < 4.78 is 0. The number of hydrogen-bond acceptors (Lipinski definition) is 6. The number of aliphatic hydroxyl groups is 4. The van der Waals surface area contributed by atoms with Crippen LogP contribution in [0.15, 0.2) is 0 Å². The van der Waals surface area contributed by atoms with Gasteiger partial charge < -0.3 is 26.2 Å². The van der Waals surface area contributed by atoms with Gasteiger partial charge in [0.05, 0.1) is 26.4 Å². The van der Waals surface area contributed by atoms with Crippen molar-refractivity contribution in [1.29, 1.82) is 0 Å². The standard InChI is InChI=1S/C6H15NO3.C6H15NO/c8-4-1-7(2-5-9)3-6-10;1-2-3-4-6(7)5-8/h8-10H,1-6H2;6,8H,2-5,7H2,1H3. The lowest BCUT2D eigenvalue weighted by Gasteiger charge is -2.17. The second-order valence-corrected chi connectivity index (χ2v) is 4.10. The van der Waals surface area contributed by atoms with E-state index in [4.69, 9.17) is 26.2 Å². The predicted octanol–water partition coefficient (Wildman–Crippen LogP) is -1.24. The molecule has 112 valence electrons. The molecule has 6 heteroatoms. The zero-order valence-electron chi connectivity index (χ0n) is 11.5. The van der Waals surface area contributed by atoms with Gasteiger partial charge in [-0.15, -0.1) is 0 Å². The van der Waals surface area contributed by atoms with Crippen LogP contribution >= 0.6 is 0 Å². The van der Waals surface area contributed by atoms with Crippen LogP contribution in [0.25, 0.3) is 0 Å². The molecule has 0 aromatic carbocycles. The van der Waals surface area contributed by atoms with E-state index < -0.39 is 0 Å². The van der Waals surface area contributed by atoms with Crippen molar-refractivity contribution in [3.8, 4) is 0 Å². The number of unbranched alkanes of at least 4 members (excludes halogenated alkanes) is 1. The van der Waals surface area contributed by atoms with Crippen LogP contribution in [-0.4, -0.2) is 77.4 Å². The summed E-state index contributed by atoms with van der Waals surface area (Å²) in [5.41, 5.74) is 5.41. The van der Waals surface area contributed by atoms with Crippen molar-refractivity contribution in [3.63, 3.8) is 0 Å². The van der Waals surface area contributed by atoms with Gasteiger partial charge in [0.2, 0.25) is 0 Å². The Morgan fingerprint density at radius 3 is 1.67 bits per heavy atom. The summed E-state index contributed by atoms with van der Waals surface area (Å²) in [5.74, 6) is 0. The normalized spacial score (nSPS) is 12.2. The van der Waals surface area contributed by atoms with Gasteiger partial charge in [0, 0.05) is 25.7 Å². The van der Waals surface area contributed by atoms with Crippen molar-refractivity contribution >= 4 is 0 Å². The molecule has 6 N–H and O–H groups in total. The van der Waals surface area contributed by atoms with Crippen molar-refractivity contribution in [2.45, 2.75) is 32.2 Å². The van der Waals surface area contributed by atoms with Gasteiger partial charge in [-0.05, 0) is 6.42 Å². The van der Waals surface area contributed by atoms with Crippen LogP contribution in [0.1, 0.15) is 26.2 Å². The molecule has 0 amide bonds. The van der Waals surface area contributed by atoms with Crippen LogP contribution < -0.4 is 5.73 Å². The first-order chi connectivity index (χ1) is 8.65. The predicted molar refractivity (Wildman–Crippen MR) is 72.3 cm³/mol. The van der Waals surface area contributed by atoms with Crippen molar-refractivity contribution in [1.82, 2.24) is 4.90 Å². The minimum Gasteiger partial charge on any atom is -0.395 e. The Kier molecular flexibility index (Phi) is 18.7. The van der Waals surface area contributed by atoms with Gasteiger partial charge in [-0.25, -0.2) is 0 Å². The van der Waals surface area contributed by atoms with E-state index in [0.29, 0.717) is 19.6 Å². The highest BCUT2D eigenvalue weighted by Crippen LogP contribution is 1.95. The maximum atomic E-state index is 8.48. The zero-order valence-corrected chi connectivity index (χ0v) is 11.5. The smallest absolute Gasteiger partial charge is 0.0582 e. The monoisotopic (exact) mass is 266 g/mol. The molecule has 0 radical (unpaired) electrons. The fourth-order valence-corrected chi connectivity index (χ4v) is 1.32. The number of nitrogens with two attached hydrogens (primary N) is 1. The molecule has 1 unspecified atom stereocenters. The number of aliphatic hydroxyl groups excluding tert-OH is 4. The van der Waals surface area contributed by atoms with Crippen molar-refractivity contribution in [2.24, 2.45) is 5.73 Å². The van der Waals surface area contributed by atoms with Gasteiger partial charge in [0.25, 0.3) is 0 Å². The van der Waals surface area contributed by atoms with Gasteiger partial charge in [0.15, 0.2) is 0 Å². The molecule has 18 heavy (non-hydrogen) atoms. The largest absolute Gasteiger partial charge is 0.395 e. The summed E-state index contributed by atoms with van der Waals surface area (Å²) in [6.07, 6.45) is 3.24. The van der Waals surface area contributed by atoms with Gasteiger partial charge >= 0.3 is 0 Å². The molecule has 0 aliphatic rings. The molecule has 0 spiro atoms. The fourth-order valence-electron chi connectivity index (χ4n) is 1.32. The van der Waals surface area contributed by atoms with E-state index in [2.05, 4.69) is 6.92 Å². The SMILES string of the molecule is CCCCC(N)CO.OCCN(CCO)CCO. The Hall–Kier alpha value is -0.240. The molecular weight excluding hydrogens is 236 g/mol. The first-order valence-corrected chi connectivity index (χ1v) is 6.57. The third-order valence-corrected chi connectivity index (χ3v) is 2.41. The number of nitrogens with zero attached hydrogens (tertiary/aromatic N) is 1. The fraction of sp³-hybridized carbons (Fsp3) is 1.00. The lowest BCUT2D eigenvalue weighted by Crippen LogP contribution is -2.32. The second-order valence-electron chi connectivity index (χ2n) is 4.10. The van der Waals surface area contributed by atoms with E-state index in [1.54, 1.807) is 4.90 Å². The van der Waals surface area contributed by atoms with Gasteiger partial charge in [-0.3, -0.25) is 4.90 Å². The minimum atomic E-state index is 0.00921. The van der Waals surface area contributed by atoms with E-state index in [1.165, 1.54) is 0 Å². The molecule has 0 saturated carbocycles. The first kappa shape index (κ1) is 20.1. The van der Waals surface area contributed by atoms with Crippen LogP contribution in [0.4, 0.5) is 0 Å². The molecule has 0 aromatic heterocycles. The summed E-state index contributed by atoms with van der Waals surface area (Å²) in [7, 11) is 0. The van der Waals surface area contributed by atoms with E-state index in [-0.39, 0.29) is 32.5 Å². The first-order valence-electron chi connectivity index (χ1n) is 6.57. The molecule has 0 aromatic rings. The average Bonchev–Trinajstić information content (AvgIpc) is 2.37. The Bertz CT molecular complexity index is 136. The van der Waals surface area contributed by atoms with Crippen molar-refractivity contribution < 1.29 is 20.4 Å². The zero-order chi connectivity index (χ0) is 14.2. The lowest BCUT2D eigenvalue weighted by molar-refractivity contribution is 0.136. The molecule has 0 heterocycles. The third-order valence-electron chi connectivity index (χ3n) is 2.41. The van der Waals surface area contributed by atoms with Crippen molar-refractivity contribution in [3.05, 3.63) is 0 Å². The Morgan fingerprint density at radius 1 is 0.944 bits per heavy atom. The van der Waals surface area contributed by atoms with Crippen molar-refractivity contribution in [2.75, 3.05) is 46.1 Å². The van der Waals surface area contributed by atoms with Crippen LogP contribution in [0.5, 0.6) is 0 Å². The summed E-state index contributed by atoms with van der Waals surface area (Å²) in [5, 5.41) is 33.9. The quantitative estimate of drug-likeness (QED) is 0.338. The second kappa shape index (κ2) is 16.8. The molecule has 1 atom stereocenters. The minimum absolute atomic E-state index is 0.00921. The van der Waals surface area contributed by atoms with E-state index in [9.17, 15) is 0 Å². The molecule has 0 aliphatic heterocycles. The molecule has 0 aliphatic carbocycles. The highest BCUT2D eigenvalue weighted by molar-refractivity contribution is 4.56. The summed E-state index contributed by atoms with van der Waals surface area (Å²) in [6, 6.07) is 0.00921. The number of hydrogen-bond donors (Lipinski definition) is 5. The van der Waals surface area contributed by atoms with E-state index in [0.717, 1.165) is 19.3 Å². The highest BCUT2D eigenvalue weighted by Gasteiger charge is 2.00. The Labute approximate surface area is 110 Å². The van der Waals surface area contributed by atoms with Crippen LogP contribution in [0.2, 0.25) is 0 Å². The van der Waals surface area contributed by atoms with Crippen LogP contribution in [0, 0.1) is 0 Å². The van der Waals surface area contributed by atoms with Crippen LogP contribution in [0.3, 0.4) is 0 Å². The topological polar surface area (TPSA) is 110 Å².